The van der Waals surface area contributed by atoms with Crippen LogP contribution >= 0.6 is 7.60 Å². The molecule has 0 aliphatic carbocycles. The van der Waals surface area contributed by atoms with Crippen molar-refractivity contribution in [1.82, 2.24) is 40.9 Å². The second-order valence-electron chi connectivity index (χ2n) is 10.3. The van der Waals surface area contributed by atoms with Gasteiger partial charge in [0.25, 0.3) is 5.91 Å². The summed E-state index contributed by atoms with van der Waals surface area (Å²) < 4.78 is 11.1. The summed E-state index contributed by atoms with van der Waals surface area (Å²) in [6.45, 7) is 1.91. The maximum atomic E-state index is 11.3. The van der Waals surface area contributed by atoms with E-state index in [-0.39, 0.29) is 22.6 Å². The minimum atomic E-state index is -4.25. The van der Waals surface area contributed by atoms with E-state index < -0.39 is 19.5 Å². The Bertz CT molecular complexity index is 2300. The van der Waals surface area contributed by atoms with Crippen LogP contribution in [0.3, 0.4) is 0 Å². The summed E-state index contributed by atoms with van der Waals surface area (Å²) in [5, 5.41) is 17.4. The normalized spacial score (nSPS) is 9.89. The summed E-state index contributed by atoms with van der Waals surface area (Å²) in [6, 6.07) is 20.7. The van der Waals surface area contributed by atoms with Gasteiger partial charge in [0.2, 0.25) is 6.41 Å². The van der Waals surface area contributed by atoms with Gasteiger partial charge in [-0.15, -0.1) is 0 Å². The Morgan fingerprint density at radius 1 is 0.691 bits per heavy atom. The molecule has 280 valence electrons. The van der Waals surface area contributed by atoms with Gasteiger partial charge in [0, 0.05) is 54.9 Å². The van der Waals surface area contributed by atoms with Crippen molar-refractivity contribution in [3.05, 3.63) is 133 Å². The number of hydrogen-bond donors (Lipinski definition) is 6. The van der Waals surface area contributed by atoms with Gasteiger partial charge in [-0.05, 0) is 73.2 Å². The van der Waals surface area contributed by atoms with Crippen LogP contribution in [0.15, 0.2) is 116 Å². The molecule has 6 rings (SSSR count). The number of pyridine rings is 6. The van der Waals surface area contributed by atoms with Crippen molar-refractivity contribution in [2.75, 3.05) is 0 Å². The summed E-state index contributed by atoms with van der Waals surface area (Å²) in [5.41, 5.74) is 8.20. The lowest BCUT2D eigenvalue weighted by Crippen LogP contribution is -2.18. The van der Waals surface area contributed by atoms with Gasteiger partial charge in [0.15, 0.2) is 5.75 Å². The van der Waals surface area contributed by atoms with Crippen LogP contribution in [0, 0.1) is 6.92 Å². The van der Waals surface area contributed by atoms with E-state index in [9.17, 15) is 18.9 Å². The third-order valence-electron chi connectivity index (χ3n) is 6.53. The Morgan fingerprint density at radius 3 is 1.76 bits per heavy atom. The predicted molar refractivity (Wildman–Crippen MR) is 190 cm³/mol. The van der Waals surface area contributed by atoms with Crippen molar-refractivity contribution < 1.29 is 53.5 Å². The Hall–Kier alpha value is -7.40. The van der Waals surface area contributed by atoms with Gasteiger partial charge in [0.1, 0.15) is 0 Å². The lowest BCUT2D eigenvalue weighted by Gasteiger charge is -2.06. The van der Waals surface area contributed by atoms with E-state index in [1.165, 1.54) is 66.7 Å². The molecule has 19 nitrogen and oxygen atoms in total. The molecule has 55 heavy (non-hydrogen) atoms. The molecule has 0 aromatic carbocycles. The molecule has 0 aliphatic heterocycles. The average molecular weight is 769 g/mol. The Balaban J connectivity index is 0.000000215. The number of aromatic nitrogens is 6. The van der Waals surface area contributed by atoms with Crippen LogP contribution in [0.1, 0.15) is 26.3 Å². The molecule has 0 fully saturated rings. The zero-order chi connectivity index (χ0) is 40.2. The van der Waals surface area contributed by atoms with Crippen LogP contribution in [0.4, 0.5) is 0 Å². The summed E-state index contributed by atoms with van der Waals surface area (Å²) in [4.78, 5) is 96.0. The van der Waals surface area contributed by atoms with E-state index in [0.29, 0.717) is 46.3 Å². The fraction of sp³-hybridized carbons (Fsp3) is 0.0286. The molecule has 0 saturated carbocycles. The molecule has 6 aromatic heterocycles. The monoisotopic (exact) mass is 768 g/mol. The van der Waals surface area contributed by atoms with Crippen LogP contribution < -0.4 is 21.1 Å². The predicted octanol–water partition coefficient (Wildman–Crippen LogP) is 2.82. The highest BCUT2D eigenvalue weighted by Crippen LogP contribution is 2.33. The molecule has 0 saturated heterocycles. The first kappa shape index (κ1) is 42.0. The van der Waals surface area contributed by atoms with E-state index in [0.717, 1.165) is 5.56 Å². The molecule has 0 radical (unpaired) electrons. The summed E-state index contributed by atoms with van der Waals surface area (Å²) in [7, 11) is -4.25. The number of aromatic carboxylic acids is 1. The fourth-order valence-corrected chi connectivity index (χ4v) is 4.67. The number of amides is 2. The number of rotatable bonds is 9. The first-order chi connectivity index (χ1) is 26.4. The molecule has 20 heteroatoms. The highest BCUT2D eigenvalue weighted by Gasteiger charge is 2.18. The Kier molecular flexibility index (Phi) is 16.2. The highest BCUT2D eigenvalue weighted by molar-refractivity contribution is 7.60. The van der Waals surface area contributed by atoms with Gasteiger partial charge in [-0.1, -0.05) is 6.07 Å². The molecule has 0 bridgehead atoms. The molecule has 6 heterocycles. The minimum Gasteiger partial charge on any atom is -0.478 e. The number of carboxylic acid groups (broad SMARTS) is 1. The van der Waals surface area contributed by atoms with Crippen LogP contribution in [-0.4, -0.2) is 74.4 Å². The third-order valence-corrected chi connectivity index (χ3v) is 7.49. The van der Waals surface area contributed by atoms with Crippen molar-refractivity contribution in [3.63, 3.8) is 0 Å². The lowest BCUT2D eigenvalue weighted by atomic mass is 10.1. The number of carbonyl (C=O) groups excluding carboxylic acids is 4. The maximum Gasteiger partial charge on any atom is 0.373 e. The van der Waals surface area contributed by atoms with Crippen LogP contribution in [0.5, 0.6) is 5.75 Å². The smallest absolute Gasteiger partial charge is 0.373 e. The Labute approximate surface area is 310 Å². The summed E-state index contributed by atoms with van der Waals surface area (Å²) in [5.74, 6) is -1.25. The van der Waals surface area contributed by atoms with Gasteiger partial charge in [-0.25, -0.2) is 10.3 Å². The number of aryl methyl sites for hydroxylation is 1. The maximum absolute atomic E-state index is 11.3. The number of nitrogens with zero attached hydrogens (tertiary/aromatic N) is 6. The SMILES string of the molecule is Cc1ccnc(-c2cc(P(=O)(O)O)ccn2)c1.O=C(O)c1ccnc(-c2ccccn2)c1.O=C=O.O=CNOc1ccnc(-c2cc(C(=O)NO)ccn2)c1. The van der Waals surface area contributed by atoms with Crippen LogP contribution in [-0.2, 0) is 18.9 Å². The van der Waals surface area contributed by atoms with E-state index in [4.69, 9.17) is 34.5 Å². The molecule has 0 atom stereocenters. The standard InChI is InChI=1S/C12H10N4O4.C11H11N2O3P.C11H8N2O2.CO2/c17-7-15-20-9-2-4-14-11(6-9)10-5-8(1-3-13-10)12(18)16-19;1-8-2-4-12-10(6-8)11-7-9(3-5-13-11)17(14,15)16;14-11(15)8-4-6-13-10(7-8)9-3-1-2-5-12-9;2-1-3/h1-7,19H,(H,15,17)(H,16,18);2-7H,1H3,(H2,14,15,16);1-7H,(H,14,15);. The van der Waals surface area contributed by atoms with Crippen molar-refractivity contribution in [2.45, 2.75) is 6.92 Å². The van der Waals surface area contributed by atoms with Gasteiger partial charge in [0.05, 0.1) is 45.0 Å². The van der Waals surface area contributed by atoms with Crippen molar-refractivity contribution in [1.29, 1.82) is 0 Å². The van der Waals surface area contributed by atoms with Crippen molar-refractivity contribution in [3.8, 4) is 39.9 Å². The Morgan fingerprint density at radius 2 is 1.20 bits per heavy atom. The number of carbonyl (C=O) groups is 3. The highest BCUT2D eigenvalue weighted by atomic mass is 31.2. The third kappa shape index (κ3) is 13.6. The minimum absolute atomic E-state index is 0.0502. The largest absolute Gasteiger partial charge is 0.478 e. The molecule has 0 spiro atoms. The first-order valence-electron chi connectivity index (χ1n) is 15.2. The van der Waals surface area contributed by atoms with Gasteiger partial charge < -0.3 is 19.7 Å². The molecule has 2 amide bonds. The van der Waals surface area contributed by atoms with Gasteiger partial charge >= 0.3 is 19.7 Å². The van der Waals surface area contributed by atoms with E-state index >= 15 is 0 Å². The van der Waals surface area contributed by atoms with E-state index in [1.807, 2.05) is 25.1 Å². The van der Waals surface area contributed by atoms with E-state index in [2.05, 4.69) is 35.4 Å². The topological polar surface area (TPSA) is 294 Å². The molecule has 0 aliphatic rings. The summed E-state index contributed by atoms with van der Waals surface area (Å²) >= 11 is 0. The molecule has 6 N–H and O–H groups in total. The van der Waals surface area contributed by atoms with Crippen LogP contribution in [0.2, 0.25) is 0 Å². The van der Waals surface area contributed by atoms with E-state index in [1.54, 1.807) is 36.7 Å². The van der Waals surface area contributed by atoms with Crippen molar-refractivity contribution in [2.24, 2.45) is 0 Å². The quantitative estimate of drug-likeness (QED) is 0.0533. The zero-order valence-corrected chi connectivity index (χ0v) is 29.2. The second kappa shape index (κ2) is 21.2. The molecular formula is C35H29N8O11P. The first-order valence-corrected chi connectivity index (χ1v) is 16.8. The zero-order valence-electron chi connectivity index (χ0n) is 28.3. The number of hydrogen-bond acceptors (Lipinski definition) is 14. The van der Waals surface area contributed by atoms with Gasteiger partial charge in [-0.3, -0.25) is 49.3 Å². The number of carboxylic acids is 1. The molecule has 0 unspecified atom stereocenters. The van der Waals surface area contributed by atoms with Crippen LogP contribution in [0.25, 0.3) is 34.2 Å². The van der Waals surface area contributed by atoms with Crippen molar-refractivity contribution >= 4 is 37.3 Å². The average Bonchev–Trinajstić information content (AvgIpc) is 3.21. The number of nitrogens with one attached hydrogen (secondary N) is 2. The number of hydroxylamine groups is 2. The fourth-order valence-electron chi connectivity index (χ4n) is 4.12. The lowest BCUT2D eigenvalue weighted by molar-refractivity contribution is -0.191. The summed E-state index contributed by atoms with van der Waals surface area (Å²) in [6.07, 6.45) is 9.64. The second-order valence-corrected chi connectivity index (χ2v) is 11.9. The molecule has 6 aromatic rings. The van der Waals surface area contributed by atoms with Gasteiger partial charge in [-0.2, -0.15) is 15.1 Å². The molecular weight excluding hydrogens is 739 g/mol.